The van der Waals surface area contributed by atoms with Gasteiger partial charge in [0.1, 0.15) is 36.3 Å². The molecule has 1 aromatic carbocycles. The Balaban J connectivity index is 2.65. The molecule has 8 amide bonds. The smallest absolute Gasteiger partial charge is 0.245 e. The summed E-state index contributed by atoms with van der Waals surface area (Å²) in [6.07, 6.45) is 5.66. The lowest BCUT2D eigenvalue weighted by Gasteiger charge is -2.27. The Morgan fingerprint density at radius 2 is 1.22 bits per heavy atom. The first kappa shape index (κ1) is 62.6. The van der Waals surface area contributed by atoms with Gasteiger partial charge in [0.2, 0.25) is 47.3 Å². The van der Waals surface area contributed by atoms with Crippen molar-refractivity contribution in [2.45, 2.75) is 192 Å². The minimum absolute atomic E-state index is 0.0107. The van der Waals surface area contributed by atoms with Gasteiger partial charge in [-0.05, 0) is 89.4 Å². The minimum Gasteiger partial charge on any atom is -0.391 e. The van der Waals surface area contributed by atoms with Gasteiger partial charge < -0.3 is 64.8 Å². The van der Waals surface area contributed by atoms with E-state index < -0.39 is 101 Å². The largest absolute Gasteiger partial charge is 0.391 e. The highest BCUT2D eigenvalue weighted by atomic mass is 16.3. The maximum Gasteiger partial charge on any atom is 0.245 e. The zero-order chi connectivity index (χ0) is 53.6. The molecule has 0 bridgehead atoms. The molecule has 0 radical (unpaired) electrons. The van der Waals surface area contributed by atoms with E-state index in [4.69, 9.17) is 17.2 Å². The lowest BCUT2D eigenvalue weighted by Crippen LogP contribution is -2.60. The molecule has 72 heavy (non-hydrogen) atoms. The number of carbonyl (C=O) groups is 9. The zero-order valence-corrected chi connectivity index (χ0v) is 43.4. The summed E-state index contributed by atoms with van der Waals surface area (Å²) >= 11 is 0. The van der Waals surface area contributed by atoms with E-state index in [1.807, 2.05) is 13.8 Å². The second kappa shape index (κ2) is 34.8. The van der Waals surface area contributed by atoms with Crippen molar-refractivity contribution in [2.75, 3.05) is 26.2 Å². The van der Waals surface area contributed by atoms with Crippen molar-refractivity contribution in [1.29, 1.82) is 0 Å². The molecule has 0 unspecified atom stereocenters. The summed E-state index contributed by atoms with van der Waals surface area (Å²) in [6, 6.07) is -0.245. The zero-order valence-electron chi connectivity index (χ0n) is 43.4. The number of Topliss-reactive ketones (excluding diaryl/α,β-unsaturated/α-hetero) is 1. The van der Waals surface area contributed by atoms with Crippen molar-refractivity contribution in [3.8, 4) is 0 Å². The number of carbonyl (C=O) groups excluding carboxylic acids is 9. The average Bonchev–Trinajstić information content (AvgIpc) is 3.33. The van der Waals surface area contributed by atoms with E-state index in [9.17, 15) is 48.3 Å². The number of hydrogen-bond donors (Lipinski definition) is 12. The van der Waals surface area contributed by atoms with Gasteiger partial charge in [-0.2, -0.15) is 0 Å². The summed E-state index contributed by atoms with van der Waals surface area (Å²) in [5.41, 5.74) is 18.4. The van der Waals surface area contributed by atoms with Gasteiger partial charge in [0, 0.05) is 25.3 Å². The van der Waals surface area contributed by atoms with Crippen LogP contribution in [0.3, 0.4) is 0 Å². The van der Waals surface area contributed by atoms with Crippen LogP contribution in [-0.2, 0) is 49.6 Å². The Morgan fingerprint density at radius 3 is 1.79 bits per heavy atom. The molecule has 15 N–H and O–H groups in total. The Hall–Kier alpha value is -5.51. The standard InChI is InChI=1S/C51H87N11O10/c1-6-8-9-10-11-12-16-20-43(65)56-37(21-25-52)46(67)60-40-24-28-55-51(72)44(33(5)63)62-50(71)36(17-7-2)58-47(68)38(22-26-53)57-45(66)35(29-32(3)4)31-42(64)41(30-34-18-14-13-15-19-34)61-48(69)39(23-27-54)59-49(40)70/h13-15,18-19,32-33,35-41,44,63H,6-12,16-17,20-31,52-54H2,1-5H3,(H,55,72)(H,56,65)(H,57,66)(H,58,68)(H,59,70)(H,60,67)(H,61,69)(H,62,71)/t33-,35-,36+,37-,38+,39+,40+,41-,44+/m1/s1. The molecule has 1 aliphatic heterocycles. The van der Waals surface area contributed by atoms with Crippen LogP contribution < -0.4 is 59.7 Å². The second-order valence-corrected chi connectivity index (χ2v) is 19.3. The molecule has 2 rings (SSSR count). The van der Waals surface area contributed by atoms with Crippen LogP contribution in [0.2, 0.25) is 0 Å². The Morgan fingerprint density at radius 1 is 0.667 bits per heavy atom. The molecule has 1 heterocycles. The van der Waals surface area contributed by atoms with Crippen LogP contribution in [0.5, 0.6) is 0 Å². The lowest BCUT2D eigenvalue weighted by atomic mass is 9.88. The molecule has 1 aromatic rings. The predicted molar refractivity (Wildman–Crippen MR) is 274 cm³/mol. The van der Waals surface area contributed by atoms with Crippen molar-refractivity contribution in [3.63, 3.8) is 0 Å². The van der Waals surface area contributed by atoms with Crippen molar-refractivity contribution in [3.05, 3.63) is 35.9 Å². The summed E-state index contributed by atoms with van der Waals surface area (Å²) in [5.74, 6) is -7.36. The Labute approximate surface area is 426 Å². The third kappa shape index (κ3) is 23.4. The van der Waals surface area contributed by atoms with Gasteiger partial charge in [-0.25, -0.2) is 0 Å². The molecule has 0 spiro atoms. The number of ketones is 1. The van der Waals surface area contributed by atoms with E-state index in [0.29, 0.717) is 18.4 Å². The maximum absolute atomic E-state index is 14.4. The summed E-state index contributed by atoms with van der Waals surface area (Å²) in [4.78, 5) is 125. The molecular formula is C51H87N11O10. The molecule has 1 aliphatic rings. The second-order valence-electron chi connectivity index (χ2n) is 19.3. The van der Waals surface area contributed by atoms with Gasteiger partial charge >= 0.3 is 0 Å². The molecule has 1 fully saturated rings. The molecule has 406 valence electrons. The van der Waals surface area contributed by atoms with Crippen LogP contribution in [0, 0.1) is 11.8 Å². The molecule has 21 heteroatoms. The van der Waals surface area contributed by atoms with Gasteiger partial charge in [-0.1, -0.05) is 103 Å². The lowest BCUT2D eigenvalue weighted by molar-refractivity contribution is -0.136. The van der Waals surface area contributed by atoms with Crippen LogP contribution >= 0.6 is 0 Å². The first-order chi connectivity index (χ1) is 34.4. The summed E-state index contributed by atoms with van der Waals surface area (Å²) in [5, 5.41) is 32.1. The van der Waals surface area contributed by atoms with Gasteiger partial charge in [-0.15, -0.1) is 0 Å². The fraction of sp³-hybridized carbons (Fsp3) is 0.706. The third-order valence-electron chi connectivity index (χ3n) is 12.5. The average molecular weight is 1010 g/mol. The van der Waals surface area contributed by atoms with Crippen LogP contribution in [-0.4, -0.2) is 133 Å². The molecule has 9 atom stereocenters. The SMILES string of the molecule is CCCCCCCCCC(=O)N[C@H](CCN)C(=O)N[C@H]1CCNC(=O)[C@H]([C@@H](C)O)NC(=O)[C@H](CCC)NC(=O)[C@H](CCN)NC(=O)[C@H](CC(C)C)CC(=O)[C@@H](Cc2ccccc2)NC(=O)[C@H](CCN)NC1=O. The van der Waals surface area contributed by atoms with E-state index in [1.54, 1.807) is 37.3 Å². The van der Waals surface area contributed by atoms with Crippen LogP contribution in [0.15, 0.2) is 30.3 Å². The number of benzene rings is 1. The van der Waals surface area contributed by atoms with E-state index in [0.717, 1.165) is 38.5 Å². The summed E-state index contributed by atoms with van der Waals surface area (Å²) in [7, 11) is 0. The maximum atomic E-state index is 14.4. The number of unbranched alkanes of at least 4 members (excludes halogenated alkanes) is 6. The fourth-order valence-electron chi connectivity index (χ4n) is 8.46. The summed E-state index contributed by atoms with van der Waals surface area (Å²) in [6.45, 7) is 8.51. The first-order valence-electron chi connectivity index (χ1n) is 26.1. The monoisotopic (exact) mass is 1010 g/mol. The highest BCUT2D eigenvalue weighted by molar-refractivity contribution is 5.98. The number of nitrogens with one attached hydrogen (secondary N) is 8. The van der Waals surface area contributed by atoms with Gasteiger partial charge in [0.15, 0.2) is 5.78 Å². The molecule has 1 saturated heterocycles. The van der Waals surface area contributed by atoms with E-state index in [1.165, 1.54) is 6.92 Å². The van der Waals surface area contributed by atoms with Gasteiger partial charge in [0.05, 0.1) is 12.1 Å². The van der Waals surface area contributed by atoms with Crippen molar-refractivity contribution in [1.82, 2.24) is 42.5 Å². The van der Waals surface area contributed by atoms with E-state index in [2.05, 4.69) is 49.5 Å². The van der Waals surface area contributed by atoms with Crippen molar-refractivity contribution >= 4 is 53.0 Å². The quantitative estimate of drug-likeness (QED) is 0.0614. The molecule has 0 aliphatic carbocycles. The highest BCUT2D eigenvalue weighted by Crippen LogP contribution is 2.20. The molecule has 21 nitrogen and oxygen atoms in total. The van der Waals surface area contributed by atoms with Crippen LogP contribution in [0.25, 0.3) is 0 Å². The first-order valence-corrected chi connectivity index (χ1v) is 26.1. The van der Waals surface area contributed by atoms with Crippen LogP contribution in [0.1, 0.15) is 143 Å². The fourth-order valence-corrected chi connectivity index (χ4v) is 8.46. The van der Waals surface area contributed by atoms with E-state index in [-0.39, 0.29) is 95.8 Å². The molecule has 0 saturated carbocycles. The number of aliphatic hydroxyl groups excluding tert-OH is 1. The number of amides is 8. The van der Waals surface area contributed by atoms with Crippen molar-refractivity contribution < 1.29 is 48.3 Å². The van der Waals surface area contributed by atoms with Crippen LogP contribution in [0.4, 0.5) is 0 Å². The third-order valence-corrected chi connectivity index (χ3v) is 12.5. The topological polar surface area (TPSA) is 348 Å². The van der Waals surface area contributed by atoms with Gasteiger partial charge in [0.25, 0.3) is 0 Å². The number of nitrogens with two attached hydrogens (primary N) is 3. The Kier molecular flexibility index (Phi) is 30.2. The number of rotatable bonds is 24. The minimum atomic E-state index is -1.55. The number of aliphatic hydroxyl groups is 1. The van der Waals surface area contributed by atoms with Crippen molar-refractivity contribution in [2.24, 2.45) is 29.0 Å². The molecule has 0 aromatic heterocycles. The normalized spacial score (nSPS) is 23.4. The van der Waals surface area contributed by atoms with Gasteiger partial charge in [-0.3, -0.25) is 43.2 Å². The molecular weight excluding hydrogens is 927 g/mol. The predicted octanol–water partition coefficient (Wildman–Crippen LogP) is 0.132. The highest BCUT2D eigenvalue weighted by Gasteiger charge is 2.36. The Bertz CT molecular complexity index is 1870. The number of hydrogen-bond acceptors (Lipinski definition) is 13. The van der Waals surface area contributed by atoms with E-state index >= 15 is 0 Å². The summed E-state index contributed by atoms with van der Waals surface area (Å²) < 4.78 is 0.